The Morgan fingerprint density at radius 3 is 0.940 bits per heavy atom. The Bertz CT molecular complexity index is 2440. The van der Waals surface area contributed by atoms with Crippen molar-refractivity contribution in [1.29, 1.82) is 0 Å². The monoisotopic (exact) mass is 1750 g/mol. The maximum absolute atomic E-state index is 12.2. The molecule has 0 unspecified atom stereocenters. The first-order chi connectivity index (χ1) is 56.7. The molecule has 0 aliphatic carbocycles. The summed E-state index contributed by atoms with van der Waals surface area (Å²) >= 11 is 3.33. The molecule has 0 radical (unpaired) electrons. The number of nitrogens with zero attached hydrogens (tertiary/aromatic N) is 1. The van der Waals surface area contributed by atoms with Crippen molar-refractivity contribution in [1.82, 2.24) is 9.99 Å². The first-order valence-electron chi connectivity index (χ1n) is 45.6. The molecule has 0 aromatic carbocycles. The molecule has 0 amide bonds. The molecule has 684 valence electrons. The zero-order valence-electron chi connectivity index (χ0n) is 78.4. The number of aliphatic hydroxyl groups is 2. The van der Waals surface area contributed by atoms with Crippen molar-refractivity contribution >= 4 is 52.5 Å². The first kappa shape index (κ1) is 126. The van der Waals surface area contributed by atoms with Gasteiger partial charge in [0.2, 0.25) is 0 Å². The van der Waals surface area contributed by atoms with E-state index in [1.165, 1.54) is 47.0 Å². The number of nitrogens with one attached hydrogen (secondary N) is 1. The number of esters is 3. The zero-order chi connectivity index (χ0) is 89.1. The summed E-state index contributed by atoms with van der Waals surface area (Å²) in [6.07, 6.45) is 93.2. The molecule has 117 heavy (non-hydrogen) atoms. The highest BCUT2D eigenvalue weighted by Gasteiger charge is 2.47. The summed E-state index contributed by atoms with van der Waals surface area (Å²) in [7, 11) is -0.257. The van der Waals surface area contributed by atoms with E-state index in [1.54, 1.807) is 0 Å². The van der Waals surface area contributed by atoms with Gasteiger partial charge in [-0.05, 0) is 262 Å². The Balaban J connectivity index is -0.000000263. The molecule has 0 saturated heterocycles. The fraction of sp³-hybridized carbons (Fsp3) is 0.707. The normalized spacial score (nSPS) is 12.2. The minimum Gasteiger partial charge on any atom is -0.469 e. The van der Waals surface area contributed by atoms with Crippen LogP contribution in [-0.4, -0.2) is 134 Å². The van der Waals surface area contributed by atoms with E-state index in [0.717, 1.165) is 224 Å². The molecule has 15 nitrogen and oxygen atoms in total. The van der Waals surface area contributed by atoms with E-state index >= 15 is 0 Å². The number of allylic oxidation sites excluding steroid dienone is 24. The lowest BCUT2D eigenvalue weighted by Gasteiger charge is -2.27. The van der Waals surface area contributed by atoms with Crippen molar-refractivity contribution in [3.63, 3.8) is 0 Å². The van der Waals surface area contributed by atoms with Crippen molar-refractivity contribution in [2.24, 2.45) is 29.1 Å². The second-order valence-electron chi connectivity index (χ2n) is 28.3. The van der Waals surface area contributed by atoms with Gasteiger partial charge in [-0.15, -0.1) is 0 Å². The van der Waals surface area contributed by atoms with Gasteiger partial charge in [-0.1, -0.05) is 278 Å². The number of likely N-dealkylation sites (N-methyl/N-ethyl adjacent to an activating group) is 1. The lowest BCUT2D eigenvalue weighted by Crippen LogP contribution is -2.41. The lowest BCUT2D eigenvalue weighted by atomic mass is 9.78. The molecule has 0 fully saturated rings. The molecule has 0 aromatic heterocycles. The van der Waals surface area contributed by atoms with E-state index in [2.05, 4.69) is 229 Å². The van der Waals surface area contributed by atoms with Gasteiger partial charge in [0, 0.05) is 31.6 Å². The van der Waals surface area contributed by atoms with E-state index in [0.29, 0.717) is 56.5 Å². The highest BCUT2D eigenvalue weighted by Crippen LogP contribution is 2.37. The number of rotatable bonds is 67. The van der Waals surface area contributed by atoms with Crippen LogP contribution in [0, 0.1) is 29.1 Å². The predicted octanol–water partition coefficient (Wildman–Crippen LogP) is 28.0. The number of methoxy groups -OCH3 is 3. The third-order valence-electron chi connectivity index (χ3n) is 18.0. The number of hydrogen-bond donors (Lipinski definition) is 3. The number of carbonyl (C=O) groups excluding carboxylic acids is 3. The molecule has 18 heteroatoms. The number of hydrogen-bond acceptors (Lipinski definition) is 15. The Morgan fingerprint density at radius 2 is 0.675 bits per heavy atom. The third-order valence-corrected chi connectivity index (χ3v) is 20.3. The van der Waals surface area contributed by atoms with E-state index in [4.69, 9.17) is 28.4 Å². The molecule has 0 atom stereocenters. The zero-order valence-corrected chi connectivity index (χ0v) is 81.7. The molecular weight excluding hydrogens is 1570 g/mol. The van der Waals surface area contributed by atoms with Gasteiger partial charge in [-0.2, -0.15) is 8.42 Å². The summed E-state index contributed by atoms with van der Waals surface area (Å²) in [5, 5.41) is 22.2. The van der Waals surface area contributed by atoms with Crippen LogP contribution in [0.4, 0.5) is 0 Å². The van der Waals surface area contributed by atoms with Crippen LogP contribution in [0.1, 0.15) is 335 Å². The average molecular weight is 1750 g/mol. The summed E-state index contributed by atoms with van der Waals surface area (Å²) < 4.78 is 53.0. The van der Waals surface area contributed by atoms with Crippen molar-refractivity contribution in [3.8, 4) is 0 Å². The molecular formula is C99H182BrN2O13PS. The molecule has 0 bridgehead atoms. The van der Waals surface area contributed by atoms with Gasteiger partial charge < -0.3 is 38.4 Å². The number of halogens is 1. The molecule has 0 heterocycles. The minimum absolute atomic E-state index is 0.0445. The summed E-state index contributed by atoms with van der Waals surface area (Å²) in [5.41, 5.74) is -1.21. The maximum Gasteiger partial charge on any atom is 0.323 e. The standard InChI is InChI=1S/C34H65N2O2P.C17H28O4.C15H26O2.C14H26O.C7H14O3S.C6H11Br.C6H12O/c1-7-13-17-21-25-33(26-22-18-14-8-2)31-37-39(35-29-30-36(11-5)12-6)38-32-34(27-23-19-15-9-3)28-24-20-16-10-4;1-5-7-9-11-13-17(15(18)20-3,16(19)21-4)14-12-10-8-6-2;1-4-6-8-10-12-14(15(16)17-3)13-11-9-7-5-2;1-3-5-7-9-11-14(13-15)12-10-8-6-4-2;1-3-4-5-6-7-10-11(2,8)9;2*1-2-3-4-5-6-7/h13-20,33-35H,7-12,21-32H2,1-6H3;7-10H,5-6,11-14H2,1-4H3;6-9,14H,4-5,10-13H2,1-3H3;5-8,14-15H,3-4,9-13H2,1-2H3;4-5H,3,6-7H2,1-2H3;3-4H,2,5-6H2,1H3;3-4,7H,2,5-6H2,1H3/b17-13-,18-14-,19-15-,20-16-;9-7-,10-8-;8-6-,9-7-;7-5-,8-6-;5-4-;2*4-3-. The van der Waals surface area contributed by atoms with Gasteiger partial charge in [-0.3, -0.25) is 18.6 Å². The fourth-order valence-electron chi connectivity index (χ4n) is 11.2. The second-order valence-corrected chi connectivity index (χ2v) is 32.1. The van der Waals surface area contributed by atoms with Gasteiger partial charge in [-0.25, -0.2) is 5.09 Å². The first-order valence-corrected chi connectivity index (χ1v) is 49.7. The van der Waals surface area contributed by atoms with E-state index in [1.807, 2.05) is 63.3 Å². The topological polar surface area (TPSA) is 196 Å². The van der Waals surface area contributed by atoms with Crippen molar-refractivity contribution in [3.05, 3.63) is 158 Å². The summed E-state index contributed by atoms with van der Waals surface area (Å²) in [6, 6.07) is 0. The third kappa shape index (κ3) is 96.9. The van der Waals surface area contributed by atoms with Gasteiger partial charge in [0.1, 0.15) is 0 Å². The Hall–Kier alpha value is -4.39. The highest BCUT2D eigenvalue weighted by atomic mass is 79.9. The molecule has 0 aliphatic heterocycles. The molecule has 0 aromatic rings. The van der Waals surface area contributed by atoms with Crippen molar-refractivity contribution in [2.45, 2.75) is 335 Å². The molecule has 3 N–H and O–H groups in total. The summed E-state index contributed by atoms with van der Waals surface area (Å²) in [5.74, 6) is 0.546. The van der Waals surface area contributed by atoms with Crippen molar-refractivity contribution < 1.29 is 60.5 Å². The van der Waals surface area contributed by atoms with E-state index in [-0.39, 0.29) is 25.1 Å². The average Bonchev–Trinajstić information content (AvgIpc) is 0.813. The van der Waals surface area contributed by atoms with Gasteiger partial charge in [0.25, 0.3) is 18.6 Å². The molecule has 0 saturated carbocycles. The number of alkyl halides is 1. The van der Waals surface area contributed by atoms with Crippen LogP contribution in [0.15, 0.2) is 158 Å². The van der Waals surface area contributed by atoms with Crippen LogP contribution in [0.3, 0.4) is 0 Å². The van der Waals surface area contributed by atoms with Crippen LogP contribution in [0.2, 0.25) is 0 Å². The maximum atomic E-state index is 12.2. The van der Waals surface area contributed by atoms with Crippen LogP contribution in [0.25, 0.3) is 0 Å². The number of ether oxygens (including phenoxy) is 3. The number of aliphatic hydroxyl groups excluding tert-OH is 2. The fourth-order valence-corrected chi connectivity index (χ4v) is 13.1. The summed E-state index contributed by atoms with van der Waals surface area (Å²) in [6.45, 7) is 38.6. The van der Waals surface area contributed by atoms with Crippen LogP contribution in [-0.2, 0) is 51.9 Å². The van der Waals surface area contributed by atoms with Crippen molar-refractivity contribution in [2.75, 3.05) is 92.1 Å². The SMILES string of the molecule is CC/C=C\CCBr.CC/C=C\CCC(CC/C=C\CC)(C(=O)OC)C(=O)OC.CC/C=C\CCC(CC/C=C\CC)C(=O)OC.CC/C=C\CCC(CC/C=C\CC)COP(NCCN(CC)CC)OCC(CC/C=C\CC)CC/C=C\CC.CC/C=C\CCC(CO)CC/C=C\CC.CC/C=C\CCO.CC/C=C\CCOS(C)(=O)=O. The van der Waals surface area contributed by atoms with Gasteiger partial charge in [0.15, 0.2) is 5.41 Å². The minimum atomic E-state index is -3.25. The molecule has 0 rings (SSSR count). The van der Waals surface area contributed by atoms with E-state index < -0.39 is 36.0 Å². The van der Waals surface area contributed by atoms with Crippen LogP contribution in [0.5, 0.6) is 0 Å². The Labute approximate surface area is 732 Å². The van der Waals surface area contributed by atoms with Gasteiger partial charge in [0.05, 0.1) is 53.3 Å². The number of carbonyl (C=O) groups is 3. The Morgan fingerprint density at radius 1 is 0.393 bits per heavy atom. The second kappa shape index (κ2) is 106. The quantitative estimate of drug-likeness (QED) is 0.00759. The molecule has 0 aliphatic rings. The van der Waals surface area contributed by atoms with Crippen LogP contribution < -0.4 is 5.09 Å². The summed E-state index contributed by atoms with van der Waals surface area (Å²) in [4.78, 5) is 38.4. The Kier molecular flexibility index (Phi) is 114. The molecule has 0 spiro atoms. The predicted molar refractivity (Wildman–Crippen MR) is 515 cm³/mol. The smallest absolute Gasteiger partial charge is 0.323 e. The highest BCUT2D eigenvalue weighted by molar-refractivity contribution is 9.09. The van der Waals surface area contributed by atoms with Crippen LogP contribution >= 0.6 is 24.5 Å². The lowest BCUT2D eigenvalue weighted by molar-refractivity contribution is -0.170. The van der Waals surface area contributed by atoms with E-state index in [9.17, 15) is 27.9 Å². The largest absolute Gasteiger partial charge is 0.469 e. The van der Waals surface area contributed by atoms with Gasteiger partial charge >= 0.3 is 17.9 Å².